The standard InChI is InChI=1S/C13H21BrN4/c1-3-6-15-13-16-8-11(14)12(17-13)18-7-5-10(4-2)9-18/h8,10H,3-7,9H2,1-2H3,(H,15,16,17). The topological polar surface area (TPSA) is 41.1 Å². The van der Waals surface area contributed by atoms with Crippen molar-refractivity contribution in [2.24, 2.45) is 5.92 Å². The van der Waals surface area contributed by atoms with Crippen molar-refractivity contribution in [3.63, 3.8) is 0 Å². The summed E-state index contributed by atoms with van der Waals surface area (Å²) in [4.78, 5) is 11.3. The minimum atomic E-state index is 0.731. The van der Waals surface area contributed by atoms with Crippen LogP contribution >= 0.6 is 15.9 Å². The van der Waals surface area contributed by atoms with Gasteiger partial charge in [0.15, 0.2) is 0 Å². The van der Waals surface area contributed by atoms with E-state index in [0.29, 0.717) is 0 Å². The Bertz CT molecular complexity index is 397. The molecule has 4 nitrogen and oxygen atoms in total. The summed E-state index contributed by atoms with van der Waals surface area (Å²) in [6.07, 6.45) is 5.45. The van der Waals surface area contributed by atoms with E-state index in [1.807, 2.05) is 6.20 Å². The Hall–Kier alpha value is -0.840. The molecule has 1 aromatic rings. The molecule has 0 bridgehead atoms. The van der Waals surface area contributed by atoms with Gasteiger partial charge in [0.1, 0.15) is 5.82 Å². The molecule has 0 radical (unpaired) electrons. The van der Waals surface area contributed by atoms with Crippen LogP contribution in [-0.2, 0) is 0 Å². The van der Waals surface area contributed by atoms with Crippen molar-refractivity contribution in [2.75, 3.05) is 29.9 Å². The first-order chi connectivity index (χ1) is 8.74. The number of anilines is 2. The Balaban J connectivity index is 2.11. The van der Waals surface area contributed by atoms with Crippen LogP contribution in [0.5, 0.6) is 0 Å². The van der Waals surface area contributed by atoms with Gasteiger partial charge in [-0.15, -0.1) is 0 Å². The first kappa shape index (κ1) is 13.6. The van der Waals surface area contributed by atoms with Crippen LogP contribution in [-0.4, -0.2) is 29.6 Å². The van der Waals surface area contributed by atoms with Crippen molar-refractivity contribution in [1.29, 1.82) is 0 Å². The van der Waals surface area contributed by atoms with Crippen molar-refractivity contribution in [1.82, 2.24) is 9.97 Å². The molecule has 0 saturated carbocycles. The fourth-order valence-corrected chi connectivity index (χ4v) is 2.70. The van der Waals surface area contributed by atoms with Crippen LogP contribution < -0.4 is 10.2 Å². The fourth-order valence-electron chi connectivity index (χ4n) is 2.26. The summed E-state index contributed by atoms with van der Waals surface area (Å²) in [5.74, 6) is 2.56. The van der Waals surface area contributed by atoms with Crippen LogP contribution in [0.15, 0.2) is 10.7 Å². The Morgan fingerprint density at radius 2 is 2.33 bits per heavy atom. The zero-order valence-electron chi connectivity index (χ0n) is 11.1. The molecule has 1 unspecified atom stereocenters. The van der Waals surface area contributed by atoms with E-state index in [1.165, 1.54) is 12.8 Å². The Labute approximate surface area is 117 Å². The SMILES string of the molecule is CCCNc1ncc(Br)c(N2CCC(CC)C2)n1. The molecule has 1 saturated heterocycles. The number of nitrogens with zero attached hydrogens (tertiary/aromatic N) is 3. The van der Waals surface area contributed by atoms with Gasteiger partial charge in [-0.3, -0.25) is 0 Å². The van der Waals surface area contributed by atoms with E-state index >= 15 is 0 Å². The smallest absolute Gasteiger partial charge is 0.224 e. The average Bonchev–Trinajstić information content (AvgIpc) is 2.86. The minimum Gasteiger partial charge on any atom is -0.355 e. The maximum absolute atomic E-state index is 4.62. The number of rotatable bonds is 5. The number of nitrogens with one attached hydrogen (secondary N) is 1. The molecular weight excluding hydrogens is 292 g/mol. The second-order valence-corrected chi connectivity index (χ2v) is 5.66. The van der Waals surface area contributed by atoms with Crippen molar-refractivity contribution >= 4 is 27.7 Å². The van der Waals surface area contributed by atoms with Gasteiger partial charge in [-0.05, 0) is 34.7 Å². The number of aromatic nitrogens is 2. The molecule has 5 heteroatoms. The quantitative estimate of drug-likeness (QED) is 0.905. The summed E-state index contributed by atoms with van der Waals surface area (Å²) < 4.78 is 0.987. The van der Waals surface area contributed by atoms with E-state index in [2.05, 4.69) is 50.0 Å². The summed E-state index contributed by atoms with van der Waals surface area (Å²) in [6, 6.07) is 0. The molecule has 2 heterocycles. The molecule has 1 aromatic heterocycles. The largest absolute Gasteiger partial charge is 0.355 e. The summed E-state index contributed by atoms with van der Waals surface area (Å²) in [6.45, 7) is 7.52. The highest BCUT2D eigenvalue weighted by molar-refractivity contribution is 9.10. The highest BCUT2D eigenvalue weighted by Gasteiger charge is 2.24. The van der Waals surface area contributed by atoms with Gasteiger partial charge in [0.2, 0.25) is 5.95 Å². The molecule has 2 rings (SSSR count). The third-order valence-corrected chi connectivity index (χ3v) is 3.98. The van der Waals surface area contributed by atoms with E-state index < -0.39 is 0 Å². The first-order valence-corrected chi connectivity index (χ1v) is 7.55. The molecule has 18 heavy (non-hydrogen) atoms. The number of hydrogen-bond donors (Lipinski definition) is 1. The van der Waals surface area contributed by atoms with Gasteiger partial charge in [0, 0.05) is 25.8 Å². The van der Waals surface area contributed by atoms with Crippen molar-refractivity contribution in [2.45, 2.75) is 33.1 Å². The first-order valence-electron chi connectivity index (χ1n) is 6.76. The number of hydrogen-bond acceptors (Lipinski definition) is 4. The van der Waals surface area contributed by atoms with Crippen LogP contribution in [0.4, 0.5) is 11.8 Å². The van der Waals surface area contributed by atoms with Crippen molar-refractivity contribution < 1.29 is 0 Å². The Morgan fingerprint density at radius 1 is 1.50 bits per heavy atom. The third kappa shape index (κ3) is 3.13. The molecule has 0 spiro atoms. The lowest BCUT2D eigenvalue weighted by atomic mass is 10.1. The molecule has 100 valence electrons. The maximum Gasteiger partial charge on any atom is 0.224 e. The lowest BCUT2D eigenvalue weighted by molar-refractivity contribution is 0.568. The Morgan fingerprint density at radius 3 is 3.00 bits per heavy atom. The highest BCUT2D eigenvalue weighted by Crippen LogP contribution is 2.30. The second-order valence-electron chi connectivity index (χ2n) is 4.80. The summed E-state index contributed by atoms with van der Waals surface area (Å²) in [5, 5.41) is 3.24. The lowest BCUT2D eigenvalue weighted by Crippen LogP contribution is -2.22. The van der Waals surface area contributed by atoms with Gasteiger partial charge in [-0.1, -0.05) is 20.3 Å². The molecule has 0 amide bonds. The zero-order chi connectivity index (χ0) is 13.0. The van der Waals surface area contributed by atoms with E-state index in [9.17, 15) is 0 Å². The normalized spacial score (nSPS) is 19.3. The van der Waals surface area contributed by atoms with Gasteiger partial charge in [-0.25, -0.2) is 4.98 Å². The predicted octanol–water partition coefficient (Wildman–Crippen LogP) is 3.30. The predicted molar refractivity (Wildman–Crippen MR) is 79.1 cm³/mol. The van der Waals surface area contributed by atoms with Crippen molar-refractivity contribution in [3.8, 4) is 0 Å². The van der Waals surface area contributed by atoms with Crippen LogP contribution in [0, 0.1) is 5.92 Å². The van der Waals surface area contributed by atoms with Gasteiger partial charge in [-0.2, -0.15) is 4.98 Å². The van der Waals surface area contributed by atoms with Crippen LogP contribution in [0.1, 0.15) is 33.1 Å². The molecule has 0 aliphatic carbocycles. The molecular formula is C13H21BrN4. The maximum atomic E-state index is 4.62. The summed E-state index contributed by atoms with van der Waals surface area (Å²) in [7, 11) is 0. The Kier molecular flexibility index (Phi) is 4.80. The van der Waals surface area contributed by atoms with Gasteiger partial charge in [0.25, 0.3) is 0 Å². The third-order valence-electron chi connectivity index (χ3n) is 3.42. The molecule has 0 aromatic carbocycles. The monoisotopic (exact) mass is 312 g/mol. The van der Waals surface area contributed by atoms with Crippen molar-refractivity contribution in [3.05, 3.63) is 10.7 Å². The molecule has 1 aliphatic heterocycles. The molecule has 1 aliphatic rings. The highest BCUT2D eigenvalue weighted by atomic mass is 79.9. The minimum absolute atomic E-state index is 0.731. The van der Waals surface area contributed by atoms with E-state index in [4.69, 9.17) is 0 Å². The van der Waals surface area contributed by atoms with Gasteiger partial charge >= 0.3 is 0 Å². The summed E-state index contributed by atoms with van der Waals surface area (Å²) in [5.41, 5.74) is 0. The van der Waals surface area contributed by atoms with Gasteiger partial charge in [0.05, 0.1) is 4.47 Å². The van der Waals surface area contributed by atoms with Gasteiger partial charge < -0.3 is 10.2 Å². The van der Waals surface area contributed by atoms with Crippen LogP contribution in [0.3, 0.4) is 0 Å². The van der Waals surface area contributed by atoms with E-state index in [0.717, 1.165) is 48.2 Å². The average molecular weight is 313 g/mol. The molecule has 1 atom stereocenters. The second kappa shape index (κ2) is 6.36. The van der Waals surface area contributed by atoms with Crippen LogP contribution in [0.2, 0.25) is 0 Å². The number of halogens is 1. The van der Waals surface area contributed by atoms with E-state index in [1.54, 1.807) is 0 Å². The lowest BCUT2D eigenvalue weighted by Gasteiger charge is -2.19. The molecule has 1 fully saturated rings. The van der Waals surface area contributed by atoms with Crippen LogP contribution in [0.25, 0.3) is 0 Å². The zero-order valence-corrected chi connectivity index (χ0v) is 12.7. The molecule has 1 N–H and O–H groups in total. The fraction of sp³-hybridized carbons (Fsp3) is 0.692. The summed E-state index contributed by atoms with van der Waals surface area (Å²) >= 11 is 3.56. The van der Waals surface area contributed by atoms with E-state index in [-0.39, 0.29) is 0 Å².